The van der Waals surface area contributed by atoms with Gasteiger partial charge in [0.1, 0.15) is 5.69 Å². The number of aromatic nitrogens is 1. The molecule has 1 saturated carbocycles. The van der Waals surface area contributed by atoms with Crippen molar-refractivity contribution in [2.24, 2.45) is 11.8 Å². The minimum absolute atomic E-state index is 0.0407. The first kappa shape index (κ1) is 25.0. The van der Waals surface area contributed by atoms with Crippen LogP contribution in [0.2, 0.25) is 0 Å². The average molecular weight is 446 g/mol. The Balaban J connectivity index is 2.24. The van der Waals surface area contributed by atoms with Gasteiger partial charge in [-0.05, 0) is 43.4 Å². The van der Waals surface area contributed by atoms with Crippen LogP contribution in [0.4, 0.5) is 0 Å². The van der Waals surface area contributed by atoms with Gasteiger partial charge in [0, 0.05) is 25.6 Å². The van der Waals surface area contributed by atoms with Crippen LogP contribution in [0.1, 0.15) is 73.5 Å². The summed E-state index contributed by atoms with van der Waals surface area (Å²) in [5.74, 6) is -1.99. The monoisotopic (exact) mass is 445 g/mol. The molecule has 32 heavy (non-hydrogen) atoms. The molecule has 0 saturated heterocycles. The van der Waals surface area contributed by atoms with Crippen molar-refractivity contribution in [3.05, 3.63) is 35.7 Å². The number of rotatable bonds is 11. The number of nitrogens with zero attached hydrogens (tertiary/aromatic N) is 1. The standard InChI is InChI=1S/C23H31N3O6/c1-6-24-19(27)11-14(4)17-9-10-18(21(28)25-12-16-7-8-16)26-20(17)23(30)32-15(5)31-22(29)13(2)3/h9-10,13,15-16H,4,6-8,11-12H2,1-3,5H3,(H,24,27)(H,25,28). The predicted octanol–water partition coefficient (Wildman–Crippen LogP) is 2.46. The van der Waals surface area contributed by atoms with Gasteiger partial charge in [0.2, 0.25) is 12.2 Å². The Labute approximate surface area is 187 Å². The highest BCUT2D eigenvalue weighted by Gasteiger charge is 2.25. The molecule has 1 fully saturated rings. The van der Waals surface area contributed by atoms with Crippen LogP contribution in [0.15, 0.2) is 18.7 Å². The highest BCUT2D eigenvalue weighted by Crippen LogP contribution is 2.27. The number of amides is 2. The smallest absolute Gasteiger partial charge is 0.360 e. The van der Waals surface area contributed by atoms with Gasteiger partial charge in [-0.1, -0.05) is 20.4 Å². The lowest BCUT2D eigenvalue weighted by Crippen LogP contribution is -2.28. The molecule has 2 N–H and O–H groups in total. The predicted molar refractivity (Wildman–Crippen MR) is 117 cm³/mol. The molecule has 1 aromatic heterocycles. The maximum absolute atomic E-state index is 12.8. The second-order valence-corrected chi connectivity index (χ2v) is 8.04. The molecule has 0 spiro atoms. The van der Waals surface area contributed by atoms with Crippen molar-refractivity contribution in [1.82, 2.24) is 15.6 Å². The van der Waals surface area contributed by atoms with Crippen LogP contribution in [0.5, 0.6) is 0 Å². The average Bonchev–Trinajstić information content (AvgIpc) is 3.55. The second-order valence-electron chi connectivity index (χ2n) is 8.04. The SMILES string of the molecule is C=C(CC(=O)NCC)c1ccc(C(=O)NCC2CC2)nc1C(=O)OC(C)OC(=O)C(C)C. The second kappa shape index (κ2) is 11.4. The zero-order chi connectivity index (χ0) is 23.8. The van der Waals surface area contributed by atoms with Crippen molar-refractivity contribution in [2.45, 2.75) is 53.2 Å². The molecule has 1 aromatic rings. The summed E-state index contributed by atoms with van der Waals surface area (Å²) in [6, 6.07) is 2.99. The van der Waals surface area contributed by atoms with Gasteiger partial charge in [-0.2, -0.15) is 0 Å². The van der Waals surface area contributed by atoms with Gasteiger partial charge >= 0.3 is 11.9 Å². The minimum atomic E-state index is -1.16. The molecule has 2 rings (SSSR count). The molecule has 1 unspecified atom stereocenters. The molecule has 9 heteroatoms. The number of carbonyl (C=O) groups excluding carboxylic acids is 4. The van der Waals surface area contributed by atoms with Crippen LogP contribution in [-0.2, 0) is 19.1 Å². The minimum Gasteiger partial charge on any atom is -0.425 e. The number of esters is 2. The van der Waals surface area contributed by atoms with Crippen LogP contribution in [0, 0.1) is 11.8 Å². The van der Waals surface area contributed by atoms with Crippen LogP contribution >= 0.6 is 0 Å². The fraction of sp³-hybridized carbons (Fsp3) is 0.522. The summed E-state index contributed by atoms with van der Waals surface area (Å²) >= 11 is 0. The Kier molecular flexibility index (Phi) is 8.92. The van der Waals surface area contributed by atoms with E-state index in [1.165, 1.54) is 19.1 Å². The van der Waals surface area contributed by atoms with Gasteiger partial charge in [-0.3, -0.25) is 14.4 Å². The summed E-state index contributed by atoms with van der Waals surface area (Å²) in [7, 11) is 0. The Morgan fingerprint density at radius 3 is 2.41 bits per heavy atom. The number of nitrogens with one attached hydrogen (secondary N) is 2. The van der Waals surface area contributed by atoms with E-state index in [1.807, 2.05) is 0 Å². The Bertz CT molecular complexity index is 892. The molecule has 1 aliphatic carbocycles. The molecule has 9 nitrogen and oxygen atoms in total. The maximum Gasteiger partial charge on any atom is 0.360 e. The molecule has 174 valence electrons. The summed E-state index contributed by atoms with van der Waals surface area (Å²) in [5, 5.41) is 5.46. The van der Waals surface area contributed by atoms with Crippen molar-refractivity contribution in [2.75, 3.05) is 13.1 Å². The first-order valence-corrected chi connectivity index (χ1v) is 10.8. The Hall–Kier alpha value is -3.23. The van der Waals surface area contributed by atoms with E-state index in [2.05, 4.69) is 22.2 Å². The largest absolute Gasteiger partial charge is 0.425 e. The number of hydrogen-bond acceptors (Lipinski definition) is 7. The van der Waals surface area contributed by atoms with Gasteiger partial charge in [0.15, 0.2) is 5.69 Å². The Morgan fingerprint density at radius 1 is 1.12 bits per heavy atom. The van der Waals surface area contributed by atoms with Gasteiger partial charge in [-0.25, -0.2) is 9.78 Å². The van der Waals surface area contributed by atoms with E-state index in [0.717, 1.165) is 12.8 Å². The van der Waals surface area contributed by atoms with Gasteiger partial charge in [0.25, 0.3) is 5.91 Å². The van der Waals surface area contributed by atoms with Crippen LogP contribution in [-0.4, -0.2) is 48.1 Å². The van der Waals surface area contributed by atoms with Gasteiger partial charge in [-0.15, -0.1) is 0 Å². The number of pyridine rings is 1. The fourth-order valence-corrected chi connectivity index (χ4v) is 2.76. The van der Waals surface area contributed by atoms with E-state index in [9.17, 15) is 19.2 Å². The van der Waals surface area contributed by atoms with Gasteiger partial charge in [0.05, 0.1) is 12.3 Å². The first-order valence-electron chi connectivity index (χ1n) is 10.8. The first-order chi connectivity index (χ1) is 15.1. The molecule has 1 atom stereocenters. The van der Waals surface area contributed by atoms with E-state index < -0.39 is 24.1 Å². The summed E-state index contributed by atoms with van der Waals surface area (Å²) in [6.07, 6.45) is 0.949. The van der Waals surface area contributed by atoms with Crippen LogP contribution in [0.25, 0.3) is 5.57 Å². The highest BCUT2D eigenvalue weighted by atomic mass is 16.7. The van der Waals surface area contributed by atoms with Crippen molar-refractivity contribution in [3.63, 3.8) is 0 Å². The highest BCUT2D eigenvalue weighted by molar-refractivity contribution is 5.99. The number of hydrogen-bond donors (Lipinski definition) is 2. The fourth-order valence-electron chi connectivity index (χ4n) is 2.76. The summed E-state index contributed by atoms with van der Waals surface area (Å²) < 4.78 is 10.3. The van der Waals surface area contributed by atoms with E-state index in [-0.39, 0.29) is 35.2 Å². The molecular weight excluding hydrogens is 414 g/mol. The van der Waals surface area contributed by atoms with Crippen molar-refractivity contribution in [1.29, 1.82) is 0 Å². The normalized spacial score (nSPS) is 13.8. The van der Waals surface area contributed by atoms with Crippen molar-refractivity contribution < 1.29 is 28.7 Å². The molecule has 0 bridgehead atoms. The third-order valence-corrected chi connectivity index (χ3v) is 4.72. The topological polar surface area (TPSA) is 124 Å². The zero-order valence-electron chi connectivity index (χ0n) is 19.0. The van der Waals surface area contributed by atoms with E-state index in [1.54, 1.807) is 20.8 Å². The summed E-state index contributed by atoms with van der Waals surface area (Å²) in [4.78, 5) is 53.2. The van der Waals surface area contributed by atoms with E-state index in [4.69, 9.17) is 9.47 Å². The molecule has 1 heterocycles. The summed E-state index contributed by atoms with van der Waals surface area (Å²) in [5.41, 5.74) is 0.486. The molecule has 2 amide bonds. The number of ether oxygens (including phenoxy) is 2. The zero-order valence-corrected chi connectivity index (χ0v) is 19.0. The molecular formula is C23H31N3O6. The lowest BCUT2D eigenvalue weighted by atomic mass is 10.0. The summed E-state index contributed by atoms with van der Waals surface area (Å²) in [6.45, 7) is 11.4. The lowest BCUT2D eigenvalue weighted by Gasteiger charge is -2.17. The van der Waals surface area contributed by atoms with E-state index >= 15 is 0 Å². The third-order valence-electron chi connectivity index (χ3n) is 4.72. The number of carbonyl (C=O) groups is 4. The molecule has 0 aromatic carbocycles. The molecule has 0 radical (unpaired) electrons. The van der Waals surface area contributed by atoms with Crippen LogP contribution < -0.4 is 10.6 Å². The molecule has 0 aliphatic heterocycles. The third kappa shape index (κ3) is 7.47. The lowest BCUT2D eigenvalue weighted by molar-refractivity contribution is -0.169. The van der Waals surface area contributed by atoms with Crippen molar-refractivity contribution >= 4 is 29.3 Å². The Morgan fingerprint density at radius 2 is 1.81 bits per heavy atom. The van der Waals surface area contributed by atoms with Crippen molar-refractivity contribution in [3.8, 4) is 0 Å². The maximum atomic E-state index is 12.8. The van der Waals surface area contributed by atoms with Gasteiger partial charge < -0.3 is 20.1 Å². The quantitative estimate of drug-likeness (QED) is 0.396. The van der Waals surface area contributed by atoms with E-state index in [0.29, 0.717) is 24.6 Å². The molecule has 1 aliphatic rings. The van der Waals surface area contributed by atoms with Crippen LogP contribution in [0.3, 0.4) is 0 Å².